The Morgan fingerprint density at radius 1 is 0.864 bits per heavy atom. The molecule has 4 heteroatoms. The first-order chi connectivity index (χ1) is 8.65. The van der Waals surface area contributed by atoms with Crippen LogP contribution in [-0.4, -0.2) is 7.63 Å². The van der Waals surface area contributed by atoms with E-state index >= 15 is 0 Å². The van der Waals surface area contributed by atoms with Gasteiger partial charge in [-0.1, -0.05) is 40.5 Å². The molecule has 0 aromatic rings. The normalized spacial score (nSPS) is 13.4. The summed E-state index contributed by atoms with van der Waals surface area (Å²) >= 11 is 2.03. The molecular weight excluding hydrogens is 363 g/mol. The summed E-state index contributed by atoms with van der Waals surface area (Å²) in [5.74, 6) is 0. The first kappa shape index (κ1) is 33.9. The van der Waals surface area contributed by atoms with E-state index in [0.717, 1.165) is 25.7 Å². The number of hydrogen-bond acceptors (Lipinski definition) is 0. The number of halogens is 2. The minimum atomic E-state index is 0. The molecule has 0 spiro atoms. The third kappa shape index (κ3) is 15.4. The third-order valence-corrected chi connectivity index (χ3v) is 2.79. The maximum atomic E-state index is 3.28. The second-order valence-corrected chi connectivity index (χ2v) is 4.45. The summed E-state index contributed by atoms with van der Waals surface area (Å²) in [5, 5.41) is 0. The molecule has 0 nitrogen and oxygen atoms in total. The molecule has 0 saturated heterocycles. The quantitative estimate of drug-likeness (QED) is 0.411. The Morgan fingerprint density at radius 2 is 1.14 bits per heavy atom. The standard InChI is InChI=1S/2C8H11.2CH3.2ClH.H2Si.Ti/c2*1-3-8-5-4-7(2)6-8;;;;;;/h2*6H,3-4H2,1-2H3;2*1H3;2*1H;1H2;/q4*-1;;;;. The number of hydrogen-bond donors (Lipinski definition) is 0. The molecule has 0 bridgehead atoms. The molecule has 22 heavy (non-hydrogen) atoms. The topological polar surface area (TPSA) is 0 Å². The molecule has 2 aliphatic rings. The Hall–Kier alpha value is 0.471. The van der Waals surface area contributed by atoms with Gasteiger partial charge in [-0.05, 0) is 0 Å². The first-order valence-corrected chi connectivity index (χ1v) is 10.6. The van der Waals surface area contributed by atoms with Crippen molar-refractivity contribution in [1.82, 2.24) is 0 Å². The van der Waals surface area contributed by atoms with Crippen LogP contribution in [0.3, 0.4) is 0 Å². The van der Waals surface area contributed by atoms with Crippen LogP contribution < -0.4 is 0 Å². The summed E-state index contributed by atoms with van der Waals surface area (Å²) in [6, 6.07) is 0. The minimum absolute atomic E-state index is 0. The molecule has 130 valence electrons. The Bertz CT molecular complexity index is 347. The molecule has 0 aliphatic heterocycles. The van der Waals surface area contributed by atoms with Gasteiger partial charge in [-0.3, -0.25) is 12.2 Å². The van der Waals surface area contributed by atoms with E-state index in [4.69, 9.17) is 0 Å². The van der Waals surface area contributed by atoms with Gasteiger partial charge in [-0.25, -0.2) is 23.3 Å². The zero-order chi connectivity index (χ0) is 14.0. The van der Waals surface area contributed by atoms with Crippen LogP contribution in [0.4, 0.5) is 0 Å². The summed E-state index contributed by atoms with van der Waals surface area (Å²) in [6.07, 6.45) is 15.4. The molecular formula is C18H32Cl2SiTi-4. The Kier molecular flexibility index (Phi) is 33.1. The van der Waals surface area contributed by atoms with Crippen LogP contribution in [-0.2, 0) is 19.2 Å². The molecule has 0 saturated carbocycles. The van der Waals surface area contributed by atoms with Crippen molar-refractivity contribution in [2.75, 3.05) is 0 Å². The van der Waals surface area contributed by atoms with Gasteiger partial charge in [0.2, 0.25) is 0 Å². The van der Waals surface area contributed by atoms with Crippen molar-refractivity contribution in [2.45, 2.75) is 53.4 Å². The molecule has 2 aliphatic carbocycles. The second kappa shape index (κ2) is 21.5. The molecule has 0 radical (unpaired) electrons. The molecule has 0 aromatic heterocycles. The Morgan fingerprint density at radius 3 is 1.23 bits per heavy atom. The maximum absolute atomic E-state index is 3.28. The van der Waals surface area contributed by atoms with Crippen molar-refractivity contribution in [1.29, 1.82) is 0 Å². The molecule has 0 N–H and O–H groups in total. The number of allylic oxidation sites excluding steroid dienone is 8. The SMILES string of the molecule is CCC1=[C-]CC(C)=C1.CCC1=[C-]CC(C)=C1.Cl.Cl.[CH3-].[CH3-].[SiH2]=[Ti]. The fourth-order valence-electron chi connectivity index (χ4n) is 1.76. The average molecular weight is 395 g/mol. The predicted molar refractivity (Wildman–Crippen MR) is 107 cm³/mol. The van der Waals surface area contributed by atoms with Gasteiger partial charge in [0.25, 0.3) is 0 Å². The molecule has 0 fully saturated rings. The van der Waals surface area contributed by atoms with E-state index in [1.165, 1.54) is 22.3 Å². The second-order valence-electron chi connectivity index (χ2n) is 4.45. The van der Waals surface area contributed by atoms with Crippen LogP contribution in [0.25, 0.3) is 0 Å². The van der Waals surface area contributed by atoms with Gasteiger partial charge in [0.15, 0.2) is 0 Å². The van der Waals surface area contributed by atoms with Gasteiger partial charge in [-0.2, -0.15) is 11.1 Å². The van der Waals surface area contributed by atoms with Crippen molar-refractivity contribution in [3.63, 3.8) is 0 Å². The molecule has 0 amide bonds. The van der Waals surface area contributed by atoms with E-state index in [2.05, 4.69) is 52.0 Å². The van der Waals surface area contributed by atoms with Gasteiger partial charge in [0.1, 0.15) is 0 Å². The third-order valence-electron chi connectivity index (χ3n) is 2.79. The monoisotopic (exact) mass is 394 g/mol. The van der Waals surface area contributed by atoms with Crippen LogP contribution in [0.15, 0.2) is 34.4 Å². The van der Waals surface area contributed by atoms with E-state index in [0.29, 0.717) is 0 Å². The van der Waals surface area contributed by atoms with Gasteiger partial charge in [-0.15, -0.1) is 37.7 Å². The Labute approximate surface area is 165 Å². The van der Waals surface area contributed by atoms with E-state index in [1.54, 1.807) is 0 Å². The zero-order valence-electron chi connectivity index (χ0n) is 15.0. The average Bonchev–Trinajstić information content (AvgIpc) is 3.01. The van der Waals surface area contributed by atoms with Crippen LogP contribution in [0.5, 0.6) is 0 Å². The van der Waals surface area contributed by atoms with Crippen LogP contribution in [0, 0.1) is 27.0 Å². The van der Waals surface area contributed by atoms with Gasteiger partial charge >= 0.3 is 26.8 Å². The molecule has 0 atom stereocenters. The van der Waals surface area contributed by atoms with Crippen molar-refractivity contribution in [3.05, 3.63) is 61.4 Å². The van der Waals surface area contributed by atoms with Crippen LogP contribution in [0.2, 0.25) is 0 Å². The van der Waals surface area contributed by atoms with Gasteiger partial charge < -0.3 is 14.9 Å². The van der Waals surface area contributed by atoms with E-state index in [1.807, 2.05) is 26.8 Å². The van der Waals surface area contributed by atoms with Crippen LogP contribution in [0.1, 0.15) is 53.4 Å². The van der Waals surface area contributed by atoms with Crippen molar-refractivity contribution in [3.8, 4) is 0 Å². The number of rotatable bonds is 2. The van der Waals surface area contributed by atoms with Gasteiger partial charge in [0.05, 0.1) is 0 Å². The summed E-state index contributed by atoms with van der Waals surface area (Å²) in [6.45, 7) is 8.63. The molecule has 2 rings (SSSR count). The fourth-order valence-corrected chi connectivity index (χ4v) is 1.76. The molecule has 0 heterocycles. The zero-order valence-corrected chi connectivity index (χ0v) is 19.6. The Balaban J connectivity index is -0.0000000676. The molecule has 0 aromatic carbocycles. The fraction of sp³-hybridized carbons (Fsp3) is 0.444. The first-order valence-electron chi connectivity index (χ1n) is 6.54. The summed E-state index contributed by atoms with van der Waals surface area (Å²) < 4.78 is 0. The molecule has 0 unspecified atom stereocenters. The van der Waals surface area contributed by atoms with E-state index in [9.17, 15) is 0 Å². The van der Waals surface area contributed by atoms with Crippen LogP contribution >= 0.6 is 24.8 Å². The predicted octanol–water partition coefficient (Wildman–Crippen LogP) is 5.78. The van der Waals surface area contributed by atoms with E-state index in [-0.39, 0.29) is 39.7 Å². The van der Waals surface area contributed by atoms with Crippen molar-refractivity contribution >= 4 is 32.4 Å². The van der Waals surface area contributed by atoms with Gasteiger partial charge in [0, 0.05) is 0 Å². The summed E-state index contributed by atoms with van der Waals surface area (Å²) in [7, 11) is 1.86. The van der Waals surface area contributed by atoms with Crippen molar-refractivity contribution in [2.24, 2.45) is 0 Å². The summed E-state index contributed by atoms with van der Waals surface area (Å²) in [5.41, 5.74) is 5.65. The summed E-state index contributed by atoms with van der Waals surface area (Å²) in [4.78, 5) is 0. The van der Waals surface area contributed by atoms with Crippen molar-refractivity contribution < 1.29 is 19.2 Å². The van der Waals surface area contributed by atoms with E-state index < -0.39 is 0 Å².